The van der Waals surface area contributed by atoms with Crippen LogP contribution in [0.5, 0.6) is 0 Å². The van der Waals surface area contributed by atoms with Crippen LogP contribution in [0.25, 0.3) is 0 Å². The maximum absolute atomic E-state index is 12.2. The van der Waals surface area contributed by atoms with Crippen LogP contribution in [0.1, 0.15) is 84.0 Å². The van der Waals surface area contributed by atoms with E-state index in [1.165, 1.54) is 63.5 Å². The van der Waals surface area contributed by atoms with Crippen molar-refractivity contribution in [1.82, 2.24) is 0 Å². The maximum Gasteiger partial charge on any atom is 1.00 e. The summed E-state index contributed by atoms with van der Waals surface area (Å²) in [6.45, 7) is 2.22. The molecule has 1 aromatic rings. The second kappa shape index (κ2) is 15.0. The fourth-order valence-electron chi connectivity index (χ4n) is 3.06. The first-order valence-corrected chi connectivity index (χ1v) is 13.1. The van der Waals surface area contributed by atoms with E-state index in [0.717, 1.165) is 31.4 Å². The molecule has 0 heterocycles. The van der Waals surface area contributed by atoms with Gasteiger partial charge in [0.1, 0.15) is 10.1 Å². The number of rotatable bonds is 15. The number of unbranched alkanes of at least 4 members (excludes halogenated alkanes) is 11. The van der Waals surface area contributed by atoms with Gasteiger partial charge in [-0.25, -0.2) is 16.8 Å². The molecule has 0 saturated heterocycles. The van der Waals surface area contributed by atoms with Gasteiger partial charge in [0.15, 0.2) is 9.84 Å². The van der Waals surface area contributed by atoms with Crippen LogP contribution in [-0.4, -0.2) is 27.1 Å². The third-order valence-electron chi connectivity index (χ3n) is 4.74. The van der Waals surface area contributed by atoms with Gasteiger partial charge >= 0.3 is 29.6 Å². The molecule has 5 nitrogen and oxygen atoms in total. The van der Waals surface area contributed by atoms with Crippen LogP contribution in [0.15, 0.2) is 34.1 Å². The molecule has 0 saturated carbocycles. The van der Waals surface area contributed by atoms with Gasteiger partial charge in [-0.05, 0) is 30.7 Å². The van der Waals surface area contributed by atoms with E-state index in [1.807, 2.05) is 0 Å². The van der Waals surface area contributed by atoms with Gasteiger partial charge in [0.05, 0.1) is 15.5 Å². The van der Waals surface area contributed by atoms with Gasteiger partial charge in [-0.3, -0.25) is 0 Å². The Balaban J connectivity index is 0.00000729. The topological polar surface area (TPSA) is 91.3 Å². The summed E-state index contributed by atoms with van der Waals surface area (Å²) in [7, 11) is -7.98. The molecule has 0 aliphatic carbocycles. The minimum atomic E-state index is -4.55. The van der Waals surface area contributed by atoms with Crippen LogP contribution in [-0.2, 0) is 20.0 Å². The number of benzene rings is 1. The van der Waals surface area contributed by atoms with E-state index in [4.69, 9.17) is 0 Å². The number of hydrogen-bond donors (Lipinski definition) is 0. The minimum Gasteiger partial charge on any atom is -0.744 e. The smallest absolute Gasteiger partial charge is 0.744 e. The van der Waals surface area contributed by atoms with E-state index < -0.39 is 24.9 Å². The Bertz CT molecular complexity index is 728. The van der Waals surface area contributed by atoms with Crippen molar-refractivity contribution in [1.29, 1.82) is 0 Å². The van der Waals surface area contributed by atoms with Crippen LogP contribution in [0.2, 0.25) is 0 Å². The van der Waals surface area contributed by atoms with Gasteiger partial charge in [-0.15, -0.1) is 0 Å². The first-order valence-electron chi connectivity index (χ1n) is 10.1. The van der Waals surface area contributed by atoms with Gasteiger partial charge in [-0.2, -0.15) is 0 Å². The Kier molecular flexibility index (Phi) is 15.0. The Morgan fingerprint density at radius 1 is 0.643 bits per heavy atom. The molecule has 0 amide bonds. The molecule has 0 atom stereocenters. The average molecular weight is 441 g/mol. The fourth-order valence-corrected chi connectivity index (χ4v) is 4.90. The molecule has 0 radical (unpaired) electrons. The van der Waals surface area contributed by atoms with Crippen molar-refractivity contribution < 1.29 is 50.9 Å². The molecule has 1 rings (SSSR count). The minimum absolute atomic E-state index is 0. The van der Waals surface area contributed by atoms with Crippen molar-refractivity contribution >= 4 is 20.0 Å². The molecule has 0 unspecified atom stereocenters. The standard InChI is InChI=1S/C20H34O5S2.Na/c1-2-3-4-5-6-7-8-9-10-11-12-13-18-26(21,22)19-14-16-20(17-15-19)27(23,24)25;/h14-17H,2-13,18H2,1H3,(H,23,24,25);/q;+1/p-1. The predicted molar refractivity (Wildman–Crippen MR) is 108 cm³/mol. The second-order valence-corrected chi connectivity index (χ2v) is 10.6. The number of hydrogen-bond acceptors (Lipinski definition) is 5. The second-order valence-electron chi connectivity index (χ2n) is 7.13. The first kappa shape index (κ1) is 28.1. The van der Waals surface area contributed by atoms with E-state index in [2.05, 4.69) is 6.92 Å². The molecule has 1 aromatic carbocycles. The summed E-state index contributed by atoms with van der Waals surface area (Å²) in [4.78, 5) is -0.343. The zero-order valence-corrected chi connectivity index (χ0v) is 21.0. The SMILES string of the molecule is CCCCCCCCCCCCCCS(=O)(=O)c1ccc(S(=O)(=O)[O-])cc1.[Na+]. The van der Waals surface area contributed by atoms with E-state index in [1.54, 1.807) is 0 Å². The van der Waals surface area contributed by atoms with E-state index in [0.29, 0.717) is 6.42 Å². The number of sulfone groups is 1. The van der Waals surface area contributed by atoms with Gasteiger partial charge in [0, 0.05) is 0 Å². The molecule has 28 heavy (non-hydrogen) atoms. The normalized spacial score (nSPS) is 11.9. The van der Waals surface area contributed by atoms with Crippen molar-refractivity contribution in [2.75, 3.05) is 5.75 Å². The molecule has 0 aliphatic heterocycles. The zero-order chi connectivity index (χ0) is 20.2. The van der Waals surface area contributed by atoms with Gasteiger partial charge in [0.25, 0.3) is 0 Å². The molecule has 0 aromatic heterocycles. The van der Waals surface area contributed by atoms with Crippen LogP contribution in [0, 0.1) is 0 Å². The van der Waals surface area contributed by atoms with Crippen LogP contribution in [0.3, 0.4) is 0 Å². The van der Waals surface area contributed by atoms with Crippen molar-refractivity contribution in [3.8, 4) is 0 Å². The first-order chi connectivity index (χ1) is 12.8. The molecule has 0 aliphatic rings. The van der Waals surface area contributed by atoms with Crippen molar-refractivity contribution in [3.63, 3.8) is 0 Å². The molecule has 8 heteroatoms. The van der Waals surface area contributed by atoms with Gasteiger partial charge in [-0.1, -0.05) is 77.6 Å². The maximum atomic E-state index is 12.2. The zero-order valence-electron chi connectivity index (χ0n) is 17.4. The predicted octanol–water partition coefficient (Wildman–Crippen LogP) is 2.07. The summed E-state index contributed by atoms with van der Waals surface area (Å²) >= 11 is 0. The van der Waals surface area contributed by atoms with Crippen molar-refractivity contribution in [2.45, 2.75) is 93.8 Å². The summed E-state index contributed by atoms with van der Waals surface area (Å²) in [5.74, 6) is 0.0495. The van der Waals surface area contributed by atoms with E-state index in [9.17, 15) is 21.4 Å². The summed E-state index contributed by atoms with van der Waals surface area (Å²) in [5, 5.41) is 0. The summed E-state index contributed by atoms with van der Waals surface area (Å²) < 4.78 is 57.2. The fraction of sp³-hybridized carbons (Fsp3) is 0.700. The monoisotopic (exact) mass is 440 g/mol. The molecule has 0 spiro atoms. The third-order valence-corrected chi connectivity index (χ3v) is 7.40. The van der Waals surface area contributed by atoms with Gasteiger partial charge in [0.2, 0.25) is 0 Å². The molecule has 0 fully saturated rings. The largest absolute Gasteiger partial charge is 1.00 e. The Morgan fingerprint density at radius 3 is 1.39 bits per heavy atom. The molecule has 156 valence electrons. The van der Waals surface area contributed by atoms with E-state index in [-0.39, 0.29) is 40.2 Å². The Labute approximate surface area is 193 Å². The Hall–Kier alpha value is 0.0800. The summed E-state index contributed by atoms with van der Waals surface area (Å²) in [5.41, 5.74) is 0. The quantitative estimate of drug-likeness (QED) is 0.237. The van der Waals surface area contributed by atoms with Crippen LogP contribution in [0.4, 0.5) is 0 Å². The molecular weight excluding hydrogens is 407 g/mol. The van der Waals surface area contributed by atoms with Gasteiger partial charge < -0.3 is 4.55 Å². The van der Waals surface area contributed by atoms with E-state index >= 15 is 0 Å². The average Bonchev–Trinajstić information content (AvgIpc) is 2.62. The van der Waals surface area contributed by atoms with Crippen LogP contribution >= 0.6 is 0 Å². The summed E-state index contributed by atoms with van der Waals surface area (Å²) in [6, 6.07) is 4.50. The Morgan fingerprint density at radius 2 is 1.00 bits per heavy atom. The molecule has 0 N–H and O–H groups in total. The molecular formula is C20H33NaO5S2. The van der Waals surface area contributed by atoms with Crippen LogP contribution < -0.4 is 29.6 Å². The summed E-state index contributed by atoms with van der Waals surface area (Å²) in [6.07, 6.45) is 14.1. The van der Waals surface area contributed by atoms with Crippen molar-refractivity contribution in [3.05, 3.63) is 24.3 Å². The molecule has 0 bridgehead atoms. The third kappa shape index (κ3) is 11.9. The van der Waals surface area contributed by atoms with Crippen molar-refractivity contribution in [2.24, 2.45) is 0 Å².